The van der Waals surface area contributed by atoms with Crippen LogP contribution in [0.5, 0.6) is 5.88 Å². The van der Waals surface area contributed by atoms with Gasteiger partial charge in [0.1, 0.15) is 11.6 Å². The summed E-state index contributed by atoms with van der Waals surface area (Å²) < 4.78 is 41.4. The molecule has 0 bridgehead atoms. The number of halogens is 3. The molecule has 4 nitrogen and oxygen atoms in total. The number of ether oxygens (including phenoxy) is 1. The van der Waals surface area contributed by atoms with Crippen LogP contribution >= 0.6 is 0 Å². The Morgan fingerprint density at radius 1 is 1.20 bits per heavy atom. The first-order chi connectivity index (χ1) is 9.12. The Labute approximate surface area is 116 Å². The molecule has 0 aromatic carbocycles. The first-order valence-corrected chi connectivity index (χ1v) is 6.39. The molecular formula is C13H20F3N3O. The Balaban J connectivity index is 2.70. The van der Waals surface area contributed by atoms with E-state index in [9.17, 15) is 13.2 Å². The van der Waals surface area contributed by atoms with Gasteiger partial charge in [0.15, 0.2) is 0 Å². The second kappa shape index (κ2) is 6.28. The second-order valence-corrected chi connectivity index (χ2v) is 5.48. The normalized spacial score (nSPS) is 12.3. The summed E-state index contributed by atoms with van der Waals surface area (Å²) in [4.78, 5) is 8.54. The standard InChI is InChI=1S/C13H20F3N3O/c1-12(2,3)11-18-9(17-4)8-10(19-11)20-7-5-6-13(14,15)16/h8H,5-7H2,1-4H3,(H,17,18,19). The van der Waals surface area contributed by atoms with Crippen LogP contribution in [0.2, 0.25) is 0 Å². The lowest BCUT2D eigenvalue weighted by molar-refractivity contribution is -0.136. The van der Waals surface area contributed by atoms with E-state index in [2.05, 4.69) is 15.3 Å². The molecule has 20 heavy (non-hydrogen) atoms. The van der Waals surface area contributed by atoms with Gasteiger partial charge in [0, 0.05) is 24.9 Å². The first-order valence-electron chi connectivity index (χ1n) is 6.39. The summed E-state index contributed by atoms with van der Waals surface area (Å²) in [6, 6.07) is 1.57. The van der Waals surface area contributed by atoms with Gasteiger partial charge in [0.25, 0.3) is 0 Å². The van der Waals surface area contributed by atoms with Gasteiger partial charge < -0.3 is 10.1 Å². The van der Waals surface area contributed by atoms with Crippen molar-refractivity contribution in [2.24, 2.45) is 0 Å². The van der Waals surface area contributed by atoms with Gasteiger partial charge in [-0.25, -0.2) is 4.98 Å². The minimum absolute atomic E-state index is 0.0245. The van der Waals surface area contributed by atoms with Gasteiger partial charge in [-0.15, -0.1) is 0 Å². The lowest BCUT2D eigenvalue weighted by Gasteiger charge is -2.18. The lowest BCUT2D eigenvalue weighted by Crippen LogP contribution is -2.18. The quantitative estimate of drug-likeness (QED) is 0.843. The van der Waals surface area contributed by atoms with E-state index in [0.29, 0.717) is 11.6 Å². The van der Waals surface area contributed by atoms with Crippen molar-refractivity contribution in [2.75, 3.05) is 19.0 Å². The average molecular weight is 291 g/mol. The molecule has 0 fully saturated rings. The van der Waals surface area contributed by atoms with Crippen molar-refractivity contribution in [1.82, 2.24) is 9.97 Å². The predicted octanol–water partition coefficient (Wildman–Crippen LogP) is 3.54. The molecule has 1 rings (SSSR count). The molecule has 1 aromatic heterocycles. The van der Waals surface area contributed by atoms with Crippen molar-refractivity contribution in [1.29, 1.82) is 0 Å². The van der Waals surface area contributed by atoms with Crippen molar-refractivity contribution in [2.45, 2.75) is 45.2 Å². The maximum absolute atomic E-state index is 12.0. The smallest absolute Gasteiger partial charge is 0.389 e. The highest BCUT2D eigenvalue weighted by Gasteiger charge is 2.26. The van der Waals surface area contributed by atoms with E-state index in [1.807, 2.05) is 20.8 Å². The topological polar surface area (TPSA) is 47.0 Å². The summed E-state index contributed by atoms with van der Waals surface area (Å²) in [6.07, 6.45) is -5.10. The fourth-order valence-corrected chi connectivity index (χ4v) is 1.41. The minimum Gasteiger partial charge on any atom is -0.478 e. The van der Waals surface area contributed by atoms with E-state index in [1.165, 1.54) is 0 Å². The first kappa shape index (κ1) is 16.5. The molecule has 0 amide bonds. The predicted molar refractivity (Wildman–Crippen MR) is 71.1 cm³/mol. The highest BCUT2D eigenvalue weighted by atomic mass is 19.4. The van der Waals surface area contributed by atoms with E-state index in [1.54, 1.807) is 13.1 Å². The molecule has 1 N–H and O–H groups in total. The summed E-state index contributed by atoms with van der Waals surface area (Å²) in [7, 11) is 1.71. The SMILES string of the molecule is CNc1cc(OCCCC(F)(F)F)nc(C(C)(C)C)n1. The molecule has 0 spiro atoms. The van der Waals surface area contributed by atoms with Crippen LogP contribution in [0.4, 0.5) is 19.0 Å². The molecule has 114 valence electrons. The van der Waals surface area contributed by atoms with Gasteiger partial charge in [0.2, 0.25) is 5.88 Å². The maximum Gasteiger partial charge on any atom is 0.389 e. The Morgan fingerprint density at radius 2 is 1.85 bits per heavy atom. The van der Waals surface area contributed by atoms with Crippen molar-refractivity contribution in [3.8, 4) is 5.88 Å². The fraction of sp³-hybridized carbons (Fsp3) is 0.692. The van der Waals surface area contributed by atoms with Gasteiger partial charge in [-0.05, 0) is 6.42 Å². The lowest BCUT2D eigenvalue weighted by atomic mass is 9.96. The Bertz CT molecular complexity index is 441. The summed E-state index contributed by atoms with van der Waals surface area (Å²) in [5.41, 5.74) is -0.267. The Hall–Kier alpha value is -1.53. The molecule has 1 heterocycles. The fourth-order valence-electron chi connectivity index (χ4n) is 1.41. The molecule has 0 radical (unpaired) electrons. The zero-order valence-electron chi connectivity index (χ0n) is 12.1. The van der Waals surface area contributed by atoms with E-state index >= 15 is 0 Å². The van der Waals surface area contributed by atoms with Crippen LogP contribution in [-0.2, 0) is 5.41 Å². The van der Waals surface area contributed by atoms with Crippen LogP contribution in [-0.4, -0.2) is 29.8 Å². The molecular weight excluding hydrogens is 271 g/mol. The highest BCUT2D eigenvalue weighted by molar-refractivity contribution is 5.38. The number of nitrogens with one attached hydrogen (secondary N) is 1. The molecule has 0 saturated carbocycles. The van der Waals surface area contributed by atoms with Gasteiger partial charge in [-0.1, -0.05) is 20.8 Å². The number of anilines is 1. The van der Waals surface area contributed by atoms with Gasteiger partial charge in [-0.2, -0.15) is 18.2 Å². The molecule has 0 unspecified atom stereocenters. The van der Waals surface area contributed by atoms with E-state index < -0.39 is 12.6 Å². The average Bonchev–Trinajstić information content (AvgIpc) is 2.32. The minimum atomic E-state index is -4.15. The maximum atomic E-state index is 12.0. The second-order valence-electron chi connectivity index (χ2n) is 5.48. The zero-order chi connectivity index (χ0) is 15.4. The van der Waals surface area contributed by atoms with Crippen molar-refractivity contribution in [3.05, 3.63) is 11.9 Å². The number of nitrogens with zero attached hydrogens (tertiary/aromatic N) is 2. The number of aromatic nitrogens is 2. The molecule has 0 aliphatic heterocycles. The van der Waals surface area contributed by atoms with Crippen molar-refractivity contribution in [3.63, 3.8) is 0 Å². The van der Waals surface area contributed by atoms with Crippen molar-refractivity contribution >= 4 is 5.82 Å². The van der Waals surface area contributed by atoms with Crippen LogP contribution < -0.4 is 10.1 Å². The Kier molecular flexibility index (Phi) is 5.19. The number of alkyl halides is 3. The van der Waals surface area contributed by atoms with E-state index in [0.717, 1.165) is 0 Å². The molecule has 1 aromatic rings. The molecule has 0 aliphatic rings. The molecule has 0 atom stereocenters. The highest BCUT2D eigenvalue weighted by Crippen LogP contribution is 2.24. The van der Waals surface area contributed by atoms with Gasteiger partial charge in [0.05, 0.1) is 6.61 Å². The number of hydrogen-bond donors (Lipinski definition) is 1. The summed E-state index contributed by atoms with van der Waals surface area (Å²) in [5.74, 6) is 1.45. The van der Waals surface area contributed by atoms with Crippen LogP contribution in [0.25, 0.3) is 0 Å². The van der Waals surface area contributed by atoms with Crippen LogP contribution in [0.15, 0.2) is 6.07 Å². The molecule has 7 heteroatoms. The van der Waals surface area contributed by atoms with Gasteiger partial charge in [-0.3, -0.25) is 0 Å². The van der Waals surface area contributed by atoms with Crippen LogP contribution in [0, 0.1) is 0 Å². The molecule has 0 aliphatic carbocycles. The van der Waals surface area contributed by atoms with Gasteiger partial charge >= 0.3 is 6.18 Å². The third kappa shape index (κ3) is 5.63. The summed E-state index contributed by atoms with van der Waals surface area (Å²) in [6.45, 7) is 5.84. The number of rotatable bonds is 5. The summed E-state index contributed by atoms with van der Waals surface area (Å²) in [5, 5.41) is 2.88. The number of hydrogen-bond acceptors (Lipinski definition) is 4. The molecule has 0 saturated heterocycles. The monoisotopic (exact) mass is 291 g/mol. The van der Waals surface area contributed by atoms with E-state index in [4.69, 9.17) is 4.74 Å². The Morgan fingerprint density at radius 3 is 2.35 bits per heavy atom. The van der Waals surface area contributed by atoms with Crippen LogP contribution in [0.3, 0.4) is 0 Å². The van der Waals surface area contributed by atoms with Crippen LogP contribution in [0.1, 0.15) is 39.4 Å². The third-order valence-electron chi connectivity index (χ3n) is 2.48. The largest absolute Gasteiger partial charge is 0.478 e. The zero-order valence-corrected chi connectivity index (χ0v) is 12.1. The third-order valence-corrected chi connectivity index (χ3v) is 2.48. The van der Waals surface area contributed by atoms with Crippen molar-refractivity contribution < 1.29 is 17.9 Å². The summed E-state index contributed by atoms with van der Waals surface area (Å²) >= 11 is 0. The van der Waals surface area contributed by atoms with E-state index in [-0.39, 0.29) is 24.3 Å².